The first-order valence-corrected chi connectivity index (χ1v) is 10.2. The summed E-state index contributed by atoms with van der Waals surface area (Å²) in [7, 11) is 0. The van der Waals surface area contributed by atoms with Crippen LogP contribution >= 0.6 is 11.6 Å². The van der Waals surface area contributed by atoms with Crippen LogP contribution in [0.4, 0.5) is 5.69 Å². The zero-order chi connectivity index (χ0) is 21.1. The molecule has 30 heavy (non-hydrogen) atoms. The lowest BCUT2D eigenvalue weighted by Gasteiger charge is -2.27. The lowest BCUT2D eigenvalue weighted by atomic mass is 10.1. The number of hydrogen-bond acceptors (Lipinski definition) is 4. The number of anilines is 1. The maximum Gasteiger partial charge on any atom is 0.269 e. The highest BCUT2D eigenvalue weighted by molar-refractivity contribution is 6.31. The van der Waals surface area contributed by atoms with E-state index in [1.807, 2.05) is 6.07 Å². The second-order valence-corrected chi connectivity index (χ2v) is 7.70. The molecule has 3 aromatic rings. The molecule has 2 aromatic carbocycles. The van der Waals surface area contributed by atoms with E-state index >= 15 is 0 Å². The van der Waals surface area contributed by atoms with Crippen molar-refractivity contribution in [2.45, 2.75) is 25.8 Å². The smallest absolute Gasteiger partial charge is 0.269 e. The van der Waals surface area contributed by atoms with E-state index in [0.29, 0.717) is 40.4 Å². The maximum atomic E-state index is 13.0. The second-order valence-electron chi connectivity index (χ2n) is 7.26. The molecule has 1 aliphatic heterocycles. The van der Waals surface area contributed by atoms with Gasteiger partial charge in [0.1, 0.15) is 6.54 Å². The fourth-order valence-corrected chi connectivity index (χ4v) is 3.86. The third-order valence-electron chi connectivity index (χ3n) is 5.18. The van der Waals surface area contributed by atoms with Gasteiger partial charge in [0.2, 0.25) is 5.91 Å². The summed E-state index contributed by atoms with van der Waals surface area (Å²) in [5.74, 6) is -0.559. The molecule has 0 spiro atoms. The largest absolute Gasteiger partial charge is 0.339 e. The Hall–Kier alpha value is -3.19. The molecule has 0 atom stereocenters. The number of benzene rings is 2. The molecular formula is C22H21ClN4O3. The number of nitrogens with zero attached hydrogens (tertiary/aromatic N) is 3. The highest BCUT2D eigenvalue weighted by Crippen LogP contribution is 2.24. The number of likely N-dealkylation sites (tertiary alicyclic amines) is 1. The summed E-state index contributed by atoms with van der Waals surface area (Å²) >= 11 is 6.11. The van der Waals surface area contributed by atoms with Gasteiger partial charge in [-0.2, -0.15) is 0 Å². The first kappa shape index (κ1) is 20.1. The summed E-state index contributed by atoms with van der Waals surface area (Å²) in [6.07, 6.45) is 4.25. The van der Waals surface area contributed by atoms with E-state index in [1.165, 1.54) is 10.8 Å². The monoisotopic (exact) mass is 424 g/mol. The molecule has 2 heterocycles. The van der Waals surface area contributed by atoms with Crippen molar-refractivity contribution in [3.63, 3.8) is 0 Å². The zero-order valence-corrected chi connectivity index (χ0v) is 17.1. The zero-order valence-electron chi connectivity index (χ0n) is 16.3. The second kappa shape index (κ2) is 8.67. The van der Waals surface area contributed by atoms with Gasteiger partial charge in [-0.25, -0.2) is 4.98 Å². The number of fused-ring (bicyclic) bond motifs is 1. The number of hydrogen-bond donors (Lipinski definition) is 1. The summed E-state index contributed by atoms with van der Waals surface area (Å²) in [5, 5.41) is 3.17. The minimum atomic E-state index is -0.427. The molecule has 0 bridgehead atoms. The Balaban J connectivity index is 1.60. The summed E-state index contributed by atoms with van der Waals surface area (Å²) in [5.41, 5.74) is 1.54. The molecule has 1 aliphatic rings. The van der Waals surface area contributed by atoms with Crippen LogP contribution in [0.25, 0.3) is 11.0 Å². The Morgan fingerprint density at radius 2 is 1.83 bits per heavy atom. The SMILES string of the molecule is O=C(Cn1c(=O)cnc2ccccc21)Nc1cc(Cl)ccc1C(=O)N1CCCCC1. The molecule has 8 heteroatoms. The van der Waals surface area contributed by atoms with E-state index in [2.05, 4.69) is 10.3 Å². The predicted molar refractivity (Wildman–Crippen MR) is 116 cm³/mol. The molecular weight excluding hydrogens is 404 g/mol. The summed E-state index contributed by atoms with van der Waals surface area (Å²) in [4.78, 5) is 43.9. The Labute approximate surface area is 178 Å². The molecule has 0 aliphatic carbocycles. The average Bonchev–Trinajstić information content (AvgIpc) is 2.76. The maximum absolute atomic E-state index is 13.0. The van der Waals surface area contributed by atoms with Gasteiger partial charge in [-0.05, 0) is 49.6 Å². The molecule has 4 rings (SSSR count). The minimum Gasteiger partial charge on any atom is -0.339 e. The van der Waals surface area contributed by atoms with Gasteiger partial charge in [0.15, 0.2) is 0 Å². The molecule has 7 nitrogen and oxygen atoms in total. The molecule has 1 fully saturated rings. The normalized spacial score (nSPS) is 14.0. The summed E-state index contributed by atoms with van der Waals surface area (Å²) in [6.45, 7) is 1.20. The van der Waals surface area contributed by atoms with Gasteiger partial charge in [0, 0.05) is 18.1 Å². The molecule has 0 saturated carbocycles. The molecule has 0 unspecified atom stereocenters. The van der Waals surface area contributed by atoms with Crippen LogP contribution in [-0.4, -0.2) is 39.4 Å². The number of carbonyl (C=O) groups excluding carboxylic acids is 2. The number of nitrogens with one attached hydrogen (secondary N) is 1. The van der Waals surface area contributed by atoms with Crippen molar-refractivity contribution in [2.75, 3.05) is 18.4 Å². The van der Waals surface area contributed by atoms with Gasteiger partial charge in [-0.1, -0.05) is 23.7 Å². The number of para-hydroxylation sites is 2. The molecule has 0 radical (unpaired) electrons. The first-order chi connectivity index (χ1) is 14.5. The Morgan fingerprint density at radius 3 is 2.63 bits per heavy atom. The highest BCUT2D eigenvalue weighted by Gasteiger charge is 2.22. The minimum absolute atomic E-state index is 0.131. The highest BCUT2D eigenvalue weighted by atomic mass is 35.5. The van der Waals surface area contributed by atoms with Crippen LogP contribution in [0.15, 0.2) is 53.5 Å². The van der Waals surface area contributed by atoms with Crippen molar-refractivity contribution < 1.29 is 9.59 Å². The van der Waals surface area contributed by atoms with Gasteiger partial charge in [-0.3, -0.25) is 19.0 Å². The van der Waals surface area contributed by atoms with E-state index in [9.17, 15) is 14.4 Å². The Kier molecular flexibility index (Phi) is 5.81. The van der Waals surface area contributed by atoms with Crippen molar-refractivity contribution in [1.82, 2.24) is 14.5 Å². The number of carbonyl (C=O) groups is 2. The predicted octanol–water partition coefficient (Wildman–Crippen LogP) is 3.31. The fraction of sp³-hybridized carbons (Fsp3) is 0.273. The summed E-state index contributed by atoms with van der Waals surface area (Å²) in [6, 6.07) is 11.9. The van der Waals surface area contributed by atoms with Crippen LogP contribution in [0.2, 0.25) is 5.02 Å². The third-order valence-corrected chi connectivity index (χ3v) is 5.42. The Morgan fingerprint density at radius 1 is 1.07 bits per heavy atom. The fourth-order valence-electron chi connectivity index (χ4n) is 3.68. The van der Waals surface area contributed by atoms with E-state index < -0.39 is 5.91 Å². The average molecular weight is 425 g/mol. The van der Waals surface area contributed by atoms with E-state index in [1.54, 1.807) is 41.3 Å². The van der Waals surface area contributed by atoms with Crippen LogP contribution in [0, 0.1) is 0 Å². The van der Waals surface area contributed by atoms with Crippen LogP contribution in [0.3, 0.4) is 0 Å². The topological polar surface area (TPSA) is 84.3 Å². The lowest BCUT2D eigenvalue weighted by molar-refractivity contribution is -0.116. The van der Waals surface area contributed by atoms with Gasteiger partial charge in [-0.15, -0.1) is 0 Å². The standard InChI is InChI=1S/C22H21ClN4O3/c23-15-8-9-16(22(30)26-10-4-1-5-11-26)18(12-15)25-20(28)14-27-19-7-3-2-6-17(19)24-13-21(27)29/h2-3,6-9,12-13H,1,4-5,10-11,14H2,(H,25,28). The number of piperidine rings is 1. The van der Waals surface area contributed by atoms with Gasteiger partial charge in [0.05, 0.1) is 28.5 Å². The summed E-state index contributed by atoms with van der Waals surface area (Å²) < 4.78 is 1.36. The van der Waals surface area contributed by atoms with Gasteiger partial charge in [0.25, 0.3) is 11.5 Å². The molecule has 2 amide bonds. The molecule has 1 N–H and O–H groups in total. The lowest BCUT2D eigenvalue weighted by Crippen LogP contribution is -2.36. The van der Waals surface area contributed by atoms with E-state index in [0.717, 1.165) is 19.3 Å². The van der Waals surface area contributed by atoms with Crippen LogP contribution < -0.4 is 10.9 Å². The van der Waals surface area contributed by atoms with E-state index in [-0.39, 0.29) is 18.0 Å². The number of aromatic nitrogens is 2. The van der Waals surface area contributed by atoms with Crippen molar-refractivity contribution in [2.24, 2.45) is 0 Å². The van der Waals surface area contributed by atoms with Crippen molar-refractivity contribution in [1.29, 1.82) is 0 Å². The van der Waals surface area contributed by atoms with Crippen molar-refractivity contribution in [3.05, 3.63) is 69.6 Å². The van der Waals surface area contributed by atoms with Crippen LogP contribution in [0.5, 0.6) is 0 Å². The Bertz CT molecular complexity index is 1170. The van der Waals surface area contributed by atoms with E-state index in [4.69, 9.17) is 11.6 Å². The van der Waals surface area contributed by atoms with Gasteiger partial charge >= 0.3 is 0 Å². The quantitative estimate of drug-likeness (QED) is 0.696. The number of rotatable bonds is 4. The van der Waals surface area contributed by atoms with Crippen LogP contribution in [0.1, 0.15) is 29.6 Å². The number of amides is 2. The molecule has 1 aromatic heterocycles. The van der Waals surface area contributed by atoms with Crippen LogP contribution in [-0.2, 0) is 11.3 Å². The molecule has 1 saturated heterocycles. The number of halogens is 1. The van der Waals surface area contributed by atoms with Crippen molar-refractivity contribution >= 4 is 40.1 Å². The van der Waals surface area contributed by atoms with Crippen molar-refractivity contribution in [3.8, 4) is 0 Å². The van der Waals surface area contributed by atoms with Gasteiger partial charge < -0.3 is 10.2 Å². The molecule has 154 valence electrons. The third kappa shape index (κ3) is 4.21. The first-order valence-electron chi connectivity index (χ1n) is 9.86.